The Morgan fingerprint density at radius 2 is 1.83 bits per heavy atom. The Hall–Kier alpha value is -3.59. The molecule has 0 saturated heterocycles. The third kappa shape index (κ3) is 4.46. The molecule has 0 radical (unpaired) electrons. The van der Waals surface area contributed by atoms with Gasteiger partial charge in [-0.25, -0.2) is 28.4 Å². The summed E-state index contributed by atoms with van der Waals surface area (Å²) in [7, 11) is -3.55. The van der Waals surface area contributed by atoms with Gasteiger partial charge in [0.05, 0.1) is 6.20 Å². The zero-order valence-corrected chi connectivity index (χ0v) is 16.3. The molecule has 0 aliphatic heterocycles. The van der Waals surface area contributed by atoms with Crippen molar-refractivity contribution in [3.63, 3.8) is 0 Å². The highest BCUT2D eigenvalue weighted by Gasteiger charge is 2.14. The molecule has 29 heavy (non-hydrogen) atoms. The van der Waals surface area contributed by atoms with E-state index in [1.807, 2.05) is 54.6 Å². The van der Waals surface area contributed by atoms with Crippen LogP contribution in [0.25, 0.3) is 11.0 Å². The van der Waals surface area contributed by atoms with Gasteiger partial charge >= 0.3 is 0 Å². The Morgan fingerprint density at radius 1 is 1.00 bits per heavy atom. The monoisotopic (exact) mass is 407 g/mol. The molecule has 0 amide bonds. The topological polar surface area (TPSA) is 107 Å². The molecule has 9 heteroatoms. The number of benzene rings is 2. The highest BCUT2D eigenvalue weighted by molar-refractivity contribution is 7.90. The second kappa shape index (κ2) is 7.80. The Balaban J connectivity index is 1.60. The van der Waals surface area contributed by atoms with E-state index in [0.717, 1.165) is 17.5 Å². The minimum absolute atomic E-state index is 0.275. The van der Waals surface area contributed by atoms with E-state index in [9.17, 15) is 8.42 Å². The van der Waals surface area contributed by atoms with E-state index < -0.39 is 9.84 Å². The van der Waals surface area contributed by atoms with Crippen LogP contribution in [0.3, 0.4) is 0 Å². The van der Waals surface area contributed by atoms with Crippen molar-refractivity contribution in [3.05, 3.63) is 72.7 Å². The van der Waals surface area contributed by atoms with E-state index in [1.54, 1.807) is 0 Å². The molecule has 4 aromatic rings. The van der Waals surface area contributed by atoms with Crippen molar-refractivity contribution >= 4 is 32.4 Å². The van der Waals surface area contributed by atoms with Gasteiger partial charge in [-0.2, -0.15) is 0 Å². The molecular weight excluding hydrogens is 390 g/mol. The first kappa shape index (κ1) is 18.8. The van der Waals surface area contributed by atoms with Crippen molar-refractivity contribution in [2.45, 2.75) is 11.8 Å². The van der Waals surface area contributed by atoms with E-state index in [0.29, 0.717) is 29.2 Å². The van der Waals surface area contributed by atoms with Gasteiger partial charge in [0.25, 0.3) is 0 Å². The average Bonchev–Trinajstić information content (AvgIpc) is 2.73. The van der Waals surface area contributed by atoms with Crippen LogP contribution in [0.4, 0.5) is 11.5 Å². The standard InChI is InChI=1S/C20H17N5O3S/c1-29(26,27)20-21-11-17-18(25-20)19(23-13-22-17)24-15-8-5-9-16(10-15)28-12-14-6-3-2-4-7-14/h2-11,13H,12H2,1H3,(H,22,23,24). The van der Waals surface area contributed by atoms with Gasteiger partial charge in [0, 0.05) is 18.0 Å². The van der Waals surface area contributed by atoms with E-state index in [4.69, 9.17) is 4.74 Å². The van der Waals surface area contributed by atoms with Gasteiger partial charge in [-0.1, -0.05) is 36.4 Å². The molecule has 0 aliphatic rings. The van der Waals surface area contributed by atoms with Crippen molar-refractivity contribution in [2.75, 3.05) is 11.6 Å². The Kier molecular flexibility index (Phi) is 5.05. The summed E-state index contributed by atoms with van der Waals surface area (Å²) in [6.07, 6.45) is 3.79. The number of anilines is 2. The number of rotatable bonds is 6. The Morgan fingerprint density at radius 3 is 2.62 bits per heavy atom. The summed E-state index contributed by atoms with van der Waals surface area (Å²) >= 11 is 0. The molecule has 0 fully saturated rings. The lowest BCUT2D eigenvalue weighted by molar-refractivity contribution is 0.306. The molecule has 146 valence electrons. The van der Waals surface area contributed by atoms with Crippen LogP contribution in [0.2, 0.25) is 0 Å². The van der Waals surface area contributed by atoms with Gasteiger partial charge in [0.2, 0.25) is 15.0 Å². The first-order valence-electron chi connectivity index (χ1n) is 8.71. The first-order chi connectivity index (χ1) is 14.0. The number of fused-ring (bicyclic) bond motifs is 1. The normalized spacial score (nSPS) is 11.3. The van der Waals surface area contributed by atoms with Gasteiger partial charge in [0.1, 0.15) is 29.7 Å². The number of hydrogen-bond donors (Lipinski definition) is 1. The number of hydrogen-bond acceptors (Lipinski definition) is 8. The fraction of sp³-hybridized carbons (Fsp3) is 0.100. The predicted molar refractivity (Wildman–Crippen MR) is 109 cm³/mol. The SMILES string of the molecule is CS(=O)(=O)c1ncc2ncnc(Nc3cccc(OCc4ccccc4)c3)c2n1. The number of nitrogens with zero attached hydrogens (tertiary/aromatic N) is 4. The lowest BCUT2D eigenvalue weighted by Crippen LogP contribution is -2.06. The highest BCUT2D eigenvalue weighted by Crippen LogP contribution is 2.25. The summed E-state index contributed by atoms with van der Waals surface area (Å²) in [6.45, 7) is 0.450. The zero-order valence-electron chi connectivity index (χ0n) is 15.5. The predicted octanol–water partition coefficient (Wildman–Crippen LogP) is 3.15. The number of nitrogens with one attached hydrogen (secondary N) is 1. The van der Waals surface area contributed by atoms with Crippen LogP contribution in [0.1, 0.15) is 5.56 Å². The van der Waals surface area contributed by atoms with Gasteiger partial charge < -0.3 is 10.1 Å². The molecule has 4 rings (SSSR count). The van der Waals surface area contributed by atoms with Gasteiger partial charge in [0.15, 0.2) is 5.82 Å². The van der Waals surface area contributed by atoms with Crippen molar-refractivity contribution in [1.29, 1.82) is 0 Å². The number of aromatic nitrogens is 4. The summed E-state index contributed by atoms with van der Waals surface area (Å²) < 4.78 is 29.4. The van der Waals surface area contributed by atoms with Crippen molar-refractivity contribution in [3.8, 4) is 5.75 Å². The van der Waals surface area contributed by atoms with Crippen LogP contribution >= 0.6 is 0 Å². The molecular formula is C20H17N5O3S. The second-order valence-corrected chi connectivity index (χ2v) is 8.22. The highest BCUT2D eigenvalue weighted by atomic mass is 32.2. The van der Waals surface area contributed by atoms with E-state index >= 15 is 0 Å². The minimum atomic E-state index is -3.55. The van der Waals surface area contributed by atoms with Crippen LogP contribution in [0.5, 0.6) is 5.75 Å². The van der Waals surface area contributed by atoms with Crippen LogP contribution < -0.4 is 10.1 Å². The van der Waals surface area contributed by atoms with Gasteiger partial charge in [-0.3, -0.25) is 0 Å². The summed E-state index contributed by atoms with van der Waals surface area (Å²) in [6, 6.07) is 17.3. The first-order valence-corrected chi connectivity index (χ1v) is 10.6. The smallest absolute Gasteiger partial charge is 0.247 e. The van der Waals surface area contributed by atoms with E-state index in [2.05, 4.69) is 25.3 Å². The Labute approximate surface area is 167 Å². The molecule has 8 nitrogen and oxygen atoms in total. The van der Waals surface area contributed by atoms with Crippen molar-refractivity contribution < 1.29 is 13.2 Å². The lowest BCUT2D eigenvalue weighted by atomic mass is 10.2. The van der Waals surface area contributed by atoms with E-state index in [-0.39, 0.29) is 5.16 Å². The summed E-state index contributed by atoms with van der Waals surface area (Å²) in [4.78, 5) is 16.3. The third-order valence-electron chi connectivity index (χ3n) is 4.03. The molecule has 2 heterocycles. The summed E-state index contributed by atoms with van der Waals surface area (Å²) in [5.41, 5.74) is 2.54. The fourth-order valence-corrected chi connectivity index (χ4v) is 3.15. The van der Waals surface area contributed by atoms with E-state index in [1.165, 1.54) is 12.5 Å². The Bertz CT molecular complexity index is 1260. The minimum Gasteiger partial charge on any atom is -0.489 e. The quantitative estimate of drug-likeness (QED) is 0.486. The fourth-order valence-electron chi connectivity index (χ4n) is 2.65. The van der Waals surface area contributed by atoms with Crippen molar-refractivity contribution in [2.24, 2.45) is 0 Å². The van der Waals surface area contributed by atoms with Crippen LogP contribution in [-0.4, -0.2) is 34.6 Å². The molecule has 0 bridgehead atoms. The molecule has 0 saturated carbocycles. The maximum Gasteiger partial charge on any atom is 0.247 e. The lowest BCUT2D eigenvalue weighted by Gasteiger charge is -2.11. The summed E-state index contributed by atoms with van der Waals surface area (Å²) in [5, 5.41) is 2.87. The third-order valence-corrected chi connectivity index (χ3v) is 4.89. The largest absolute Gasteiger partial charge is 0.489 e. The van der Waals surface area contributed by atoms with Crippen molar-refractivity contribution in [1.82, 2.24) is 19.9 Å². The molecule has 0 spiro atoms. The van der Waals surface area contributed by atoms with Crippen LogP contribution in [-0.2, 0) is 16.4 Å². The molecule has 0 atom stereocenters. The zero-order chi connectivity index (χ0) is 20.3. The van der Waals surface area contributed by atoms with Gasteiger partial charge in [-0.15, -0.1) is 0 Å². The number of ether oxygens (including phenoxy) is 1. The molecule has 2 aromatic heterocycles. The van der Waals surface area contributed by atoms with Gasteiger partial charge in [-0.05, 0) is 17.7 Å². The second-order valence-electron chi connectivity index (χ2n) is 6.31. The molecule has 0 unspecified atom stereocenters. The molecule has 0 aliphatic carbocycles. The van der Waals surface area contributed by atoms with Crippen LogP contribution in [0, 0.1) is 0 Å². The number of sulfone groups is 1. The maximum absolute atomic E-state index is 11.8. The maximum atomic E-state index is 11.8. The molecule has 2 aromatic carbocycles. The average molecular weight is 407 g/mol. The van der Waals surface area contributed by atoms with Crippen LogP contribution in [0.15, 0.2) is 72.3 Å². The molecule has 1 N–H and O–H groups in total. The summed E-state index contributed by atoms with van der Waals surface area (Å²) in [5.74, 6) is 1.06.